The first-order chi connectivity index (χ1) is 25.7. The first kappa shape index (κ1) is 69.4. The van der Waals surface area contributed by atoms with Gasteiger partial charge in [0.2, 0.25) is 11.6 Å². The molecule has 17 N–H and O–H groups in total. The largest absolute Gasteiger partial charge is 0.481 e. The van der Waals surface area contributed by atoms with Crippen LogP contribution in [0.5, 0.6) is 0 Å². The molecule has 0 aromatic rings. The van der Waals surface area contributed by atoms with Gasteiger partial charge in [-0.3, -0.25) is 38.4 Å². The maximum atomic E-state index is 9.97. The van der Waals surface area contributed by atoms with E-state index >= 15 is 0 Å². The number of aliphatic hydroxyl groups excluding tert-OH is 7. The fourth-order valence-corrected chi connectivity index (χ4v) is 1.04. The van der Waals surface area contributed by atoms with E-state index in [9.17, 15) is 52.7 Å². The molecule has 27 heteroatoms. The molecule has 0 heterocycles. The van der Waals surface area contributed by atoms with Gasteiger partial charge in [0.25, 0.3) is 0 Å². The summed E-state index contributed by atoms with van der Waals surface area (Å²) in [5, 5.41) is 121. The lowest BCUT2D eigenvalue weighted by molar-refractivity contribution is -0.148. The molecule has 0 saturated carbocycles. The molecule has 0 aliphatic carbocycles. The highest BCUT2D eigenvalue weighted by Gasteiger charge is 2.23. The van der Waals surface area contributed by atoms with E-state index in [1.807, 2.05) is 0 Å². The Kier molecular flexibility index (Phi) is 54.6. The molecule has 0 bridgehead atoms. The van der Waals surface area contributed by atoms with Gasteiger partial charge in [-0.15, -0.1) is 0 Å². The lowest BCUT2D eigenvalue weighted by atomic mass is 10.1. The minimum Gasteiger partial charge on any atom is -0.481 e. The zero-order valence-electron chi connectivity index (χ0n) is 31.6. The number of Topliss-reactive ketones (excluding diaryl/α,β-unsaturated/α-hetero) is 2. The zero-order valence-corrected chi connectivity index (χ0v) is 31.6. The molecule has 0 aliphatic rings. The second-order valence-corrected chi connectivity index (χ2v) is 10.4. The van der Waals surface area contributed by atoms with Crippen LogP contribution in [0.2, 0.25) is 0 Å². The van der Waals surface area contributed by atoms with Crippen LogP contribution in [-0.2, 0) is 52.7 Å². The van der Waals surface area contributed by atoms with E-state index in [0.29, 0.717) is 0 Å². The van der Waals surface area contributed by atoms with E-state index in [-0.39, 0.29) is 44.7 Å². The minimum absolute atomic E-state index is 0.0869. The first-order valence-corrected chi connectivity index (χ1v) is 15.2. The number of aliphatic carboxylic acids is 8. The molecule has 0 rings (SSSR count). The number of aldehydes is 1. The summed E-state index contributed by atoms with van der Waals surface area (Å²) >= 11 is 0. The summed E-state index contributed by atoms with van der Waals surface area (Å²) in [6, 6.07) is -0.731. The Morgan fingerprint density at radius 1 is 0.544 bits per heavy atom. The van der Waals surface area contributed by atoms with Crippen molar-refractivity contribution in [2.24, 2.45) is 17.6 Å². The molecule has 0 amide bonds. The second kappa shape index (κ2) is 44.8. The van der Waals surface area contributed by atoms with Gasteiger partial charge in [0.1, 0.15) is 30.5 Å². The Morgan fingerprint density at radius 2 is 0.825 bits per heavy atom. The van der Waals surface area contributed by atoms with Crippen molar-refractivity contribution in [1.82, 2.24) is 0 Å². The molecule has 336 valence electrons. The highest BCUT2D eigenvalue weighted by atomic mass is 16.4. The molecule has 0 aromatic carbocycles. The van der Waals surface area contributed by atoms with Crippen molar-refractivity contribution in [3.8, 4) is 0 Å². The molecule has 0 aliphatic heterocycles. The van der Waals surface area contributed by atoms with Crippen LogP contribution < -0.4 is 5.73 Å². The van der Waals surface area contributed by atoms with E-state index in [4.69, 9.17) is 82.3 Å². The van der Waals surface area contributed by atoms with Crippen molar-refractivity contribution < 1.29 is 129 Å². The summed E-state index contributed by atoms with van der Waals surface area (Å²) in [5.41, 5.74) is 4.84. The predicted molar refractivity (Wildman–Crippen MR) is 185 cm³/mol. The van der Waals surface area contributed by atoms with Crippen LogP contribution in [0, 0.1) is 11.8 Å². The Labute approximate surface area is 323 Å². The van der Waals surface area contributed by atoms with Crippen LogP contribution in [-0.4, -0.2) is 192 Å². The highest BCUT2D eigenvalue weighted by molar-refractivity contribution is 6.31. The van der Waals surface area contributed by atoms with Gasteiger partial charge in [0.05, 0.1) is 50.9 Å². The number of carbonyl (C=O) groups excluding carboxylic acids is 3. The standard InChI is InChI=1S/C5H10O5.C5H8O4.C4H6O4.C4H8O2.C3H7NO2.C3H8O3.2C3H4O3/c6-1-3(8)5(10)4(9)2-7;1-3(5(8)9)2-4(6)7;5-3(6)1-2-4(7)8;1-3(2)4(5)6;1-2(4)3(5)6;4-1-3(6)2-5;2*1-2(4)3(5)6/h1,3-5,7-10H,2H2;3H,2H2,1H3,(H,6,7)(H,8,9);1-2H2,(H,5,6)(H,7,8);3H,1-2H3,(H,5,6);2H,4H2,1H3,(H,5,6);3-6H,1-2H2;2*1H3,(H,5,6). The normalized spacial score (nSPS) is 11.6. The number of hydrogen-bond acceptors (Lipinski definition) is 19. The van der Waals surface area contributed by atoms with Crippen molar-refractivity contribution in [2.45, 2.75) is 91.3 Å². The highest BCUT2D eigenvalue weighted by Crippen LogP contribution is 2.00. The third-order valence-electron chi connectivity index (χ3n) is 4.43. The maximum Gasteiger partial charge on any atom is 0.371 e. The number of carboxylic acids is 8. The van der Waals surface area contributed by atoms with Gasteiger partial charge < -0.3 is 87.1 Å². The van der Waals surface area contributed by atoms with Crippen molar-refractivity contribution in [3.05, 3.63) is 0 Å². The lowest BCUT2D eigenvalue weighted by Crippen LogP contribution is -2.40. The van der Waals surface area contributed by atoms with E-state index in [0.717, 1.165) is 13.8 Å². The minimum atomic E-state index is -1.64. The number of aliphatic hydroxyl groups is 7. The molecule has 5 atom stereocenters. The molecule has 5 unspecified atom stereocenters. The number of hydrogen-bond donors (Lipinski definition) is 16. The summed E-state index contributed by atoms with van der Waals surface area (Å²) in [5.74, 6) is -11.4. The number of ketones is 2. The zero-order chi connectivity index (χ0) is 47.8. The van der Waals surface area contributed by atoms with E-state index < -0.39 is 102 Å². The van der Waals surface area contributed by atoms with Crippen molar-refractivity contribution >= 4 is 65.6 Å². The van der Waals surface area contributed by atoms with Gasteiger partial charge in [0.15, 0.2) is 6.29 Å². The summed E-state index contributed by atoms with van der Waals surface area (Å²) in [6.45, 7) is 6.65. The topological polar surface area (TPSA) is 517 Å². The van der Waals surface area contributed by atoms with Gasteiger partial charge in [-0.2, -0.15) is 0 Å². The van der Waals surface area contributed by atoms with Gasteiger partial charge in [0, 0.05) is 13.8 Å². The van der Waals surface area contributed by atoms with E-state index in [1.54, 1.807) is 13.8 Å². The molecule has 57 heavy (non-hydrogen) atoms. The molecule has 27 nitrogen and oxygen atoms in total. The second-order valence-electron chi connectivity index (χ2n) is 10.4. The van der Waals surface area contributed by atoms with Gasteiger partial charge >= 0.3 is 47.8 Å². The third-order valence-corrected chi connectivity index (χ3v) is 4.43. The number of rotatable bonds is 16. The van der Waals surface area contributed by atoms with Crippen molar-refractivity contribution in [1.29, 1.82) is 0 Å². The van der Waals surface area contributed by atoms with Crippen LogP contribution in [0.25, 0.3) is 0 Å². The average molecular weight is 846 g/mol. The Morgan fingerprint density at radius 3 is 0.912 bits per heavy atom. The Bertz CT molecular complexity index is 1100. The average Bonchev–Trinajstić information content (AvgIpc) is 3.10. The van der Waals surface area contributed by atoms with Gasteiger partial charge in [-0.25, -0.2) is 9.59 Å². The molecule has 0 aromatic heterocycles. The monoisotopic (exact) mass is 845 g/mol. The van der Waals surface area contributed by atoms with E-state index in [2.05, 4.69) is 0 Å². The number of nitrogens with two attached hydrogens (primary N) is 1. The number of carboxylic acid groups (broad SMARTS) is 8. The Hall–Kier alpha value is -5.55. The van der Waals surface area contributed by atoms with Crippen molar-refractivity contribution in [3.63, 3.8) is 0 Å². The van der Waals surface area contributed by atoms with Crippen molar-refractivity contribution in [2.75, 3.05) is 19.8 Å². The molecule has 0 fully saturated rings. The van der Waals surface area contributed by atoms with Crippen LogP contribution >= 0.6 is 0 Å². The quantitative estimate of drug-likeness (QED) is 0.0512. The predicted octanol–water partition coefficient (Wildman–Crippen LogP) is -4.83. The Balaban J connectivity index is -0.0000000809. The first-order valence-electron chi connectivity index (χ1n) is 15.2. The maximum absolute atomic E-state index is 9.97. The SMILES string of the molecule is CC(=O)C(=O)O.CC(=O)C(=O)O.CC(C)C(=O)O.CC(CC(=O)O)C(=O)O.CC(N)C(=O)O.O=C(O)CCC(=O)O.O=CC(O)C(O)C(O)CO.OCC(O)CO. The molecular formula is C30H55NO26. The summed E-state index contributed by atoms with van der Waals surface area (Å²) < 4.78 is 0. The van der Waals surface area contributed by atoms with Crippen LogP contribution in [0.15, 0.2) is 0 Å². The lowest BCUT2D eigenvalue weighted by Gasteiger charge is -2.16. The third kappa shape index (κ3) is 76.1. The van der Waals surface area contributed by atoms with Crippen LogP contribution in [0.4, 0.5) is 0 Å². The summed E-state index contributed by atoms with van der Waals surface area (Å²) in [6.07, 6.45) is -6.49. The molecule has 0 radical (unpaired) electrons. The van der Waals surface area contributed by atoms with Crippen LogP contribution in [0.1, 0.15) is 60.8 Å². The summed E-state index contributed by atoms with van der Waals surface area (Å²) in [4.78, 5) is 106. The van der Waals surface area contributed by atoms with E-state index in [1.165, 1.54) is 13.8 Å². The summed E-state index contributed by atoms with van der Waals surface area (Å²) in [7, 11) is 0. The molecular weight excluding hydrogens is 790 g/mol. The molecule has 0 saturated heterocycles. The fraction of sp³-hybridized carbons (Fsp3) is 0.633. The van der Waals surface area contributed by atoms with Gasteiger partial charge in [-0.05, 0) is 6.92 Å². The fourth-order valence-electron chi connectivity index (χ4n) is 1.04. The smallest absolute Gasteiger partial charge is 0.371 e. The molecule has 0 spiro atoms. The number of carbonyl (C=O) groups is 11. The van der Waals surface area contributed by atoms with Crippen LogP contribution in [0.3, 0.4) is 0 Å². The van der Waals surface area contributed by atoms with Gasteiger partial charge in [-0.1, -0.05) is 20.8 Å².